The second-order valence-electron chi connectivity index (χ2n) is 15.0. The highest BCUT2D eigenvalue weighted by atomic mass is 35.5. The number of hydrogen-bond acceptors (Lipinski definition) is 3. The molecule has 0 radical (unpaired) electrons. The number of carbonyl (C=O) groups is 2. The average Bonchev–Trinajstić information content (AvgIpc) is 3.48. The first kappa shape index (κ1) is 29.4. The molecule has 0 N–H and O–H groups in total. The van der Waals surface area contributed by atoms with Crippen molar-refractivity contribution in [3.63, 3.8) is 0 Å². The zero-order valence-electron chi connectivity index (χ0n) is 25.1. The van der Waals surface area contributed by atoms with Crippen LogP contribution in [0.4, 0.5) is 0 Å². The summed E-state index contributed by atoms with van der Waals surface area (Å²) in [6.45, 7) is 20.4. The minimum Gasteiger partial charge on any atom is -0.340 e. The second-order valence-corrected chi connectivity index (χ2v) is 15.4. The van der Waals surface area contributed by atoms with E-state index >= 15 is 0 Å². The molecule has 0 spiro atoms. The van der Waals surface area contributed by atoms with E-state index in [0.29, 0.717) is 30.1 Å². The number of halogens is 1. The normalized spacial score (nSPS) is 27.1. The summed E-state index contributed by atoms with van der Waals surface area (Å²) in [7, 11) is 0. The Morgan fingerprint density at radius 2 is 1.50 bits per heavy atom. The van der Waals surface area contributed by atoms with Gasteiger partial charge in [0, 0.05) is 48.2 Å². The van der Waals surface area contributed by atoms with Gasteiger partial charge in [-0.15, -0.1) is 0 Å². The molecule has 38 heavy (non-hydrogen) atoms. The predicted octanol–water partition coefficient (Wildman–Crippen LogP) is 6.53. The van der Waals surface area contributed by atoms with Crippen LogP contribution in [-0.4, -0.2) is 70.3 Å². The molecule has 3 fully saturated rings. The van der Waals surface area contributed by atoms with Crippen LogP contribution in [0.5, 0.6) is 0 Å². The van der Waals surface area contributed by atoms with Gasteiger partial charge in [0.15, 0.2) is 0 Å². The minimum absolute atomic E-state index is 0.00726. The Kier molecular flexibility index (Phi) is 8.07. The summed E-state index contributed by atoms with van der Waals surface area (Å²) in [6, 6.07) is 8.25. The van der Waals surface area contributed by atoms with Gasteiger partial charge in [0.05, 0.1) is 11.5 Å². The Morgan fingerprint density at radius 1 is 0.895 bits per heavy atom. The molecule has 1 aromatic carbocycles. The molecule has 6 heteroatoms. The van der Waals surface area contributed by atoms with E-state index in [4.69, 9.17) is 11.6 Å². The highest BCUT2D eigenvalue weighted by molar-refractivity contribution is 6.30. The standard InChI is InChI=1S/C32H50ClN3O2/c1-29(2,3)27(37)36(25-13-16-31(7,8)17-14-25)26-15-19-34(21-26)28(38)32(23-9-11-24(33)12-10-23)18-20-35(22-32)30(4,5)6/h9-12,25-26H,13-22H2,1-8H3/t26-,32?/m0/s1. The Labute approximate surface area is 236 Å². The van der Waals surface area contributed by atoms with E-state index < -0.39 is 10.8 Å². The Balaban J connectivity index is 1.59. The van der Waals surface area contributed by atoms with Crippen molar-refractivity contribution < 1.29 is 9.59 Å². The third-order valence-corrected chi connectivity index (χ3v) is 9.70. The Hall–Kier alpha value is -1.59. The van der Waals surface area contributed by atoms with Crippen molar-refractivity contribution in [1.82, 2.24) is 14.7 Å². The van der Waals surface area contributed by atoms with Gasteiger partial charge in [0.2, 0.25) is 11.8 Å². The molecule has 0 bridgehead atoms. The first-order valence-electron chi connectivity index (χ1n) is 14.7. The van der Waals surface area contributed by atoms with Crippen LogP contribution in [0, 0.1) is 10.8 Å². The molecule has 3 aliphatic rings. The van der Waals surface area contributed by atoms with Crippen molar-refractivity contribution in [3.05, 3.63) is 34.9 Å². The lowest BCUT2D eigenvalue weighted by Gasteiger charge is -2.45. The summed E-state index contributed by atoms with van der Waals surface area (Å²) >= 11 is 6.24. The van der Waals surface area contributed by atoms with Crippen molar-refractivity contribution in [3.8, 4) is 0 Å². The maximum Gasteiger partial charge on any atom is 0.234 e. The number of amides is 2. The lowest BCUT2D eigenvalue weighted by Crippen LogP contribution is -2.55. The van der Waals surface area contributed by atoms with E-state index in [1.807, 2.05) is 45.0 Å². The van der Waals surface area contributed by atoms with Crippen LogP contribution in [0.25, 0.3) is 0 Å². The van der Waals surface area contributed by atoms with Crippen LogP contribution >= 0.6 is 11.6 Å². The van der Waals surface area contributed by atoms with E-state index in [1.54, 1.807) is 0 Å². The van der Waals surface area contributed by atoms with Crippen LogP contribution in [0.1, 0.15) is 99.5 Å². The fraction of sp³-hybridized carbons (Fsp3) is 0.750. The van der Waals surface area contributed by atoms with Gasteiger partial charge in [-0.1, -0.05) is 58.4 Å². The van der Waals surface area contributed by atoms with Gasteiger partial charge in [-0.25, -0.2) is 0 Å². The number of carbonyl (C=O) groups excluding carboxylic acids is 2. The fourth-order valence-corrected chi connectivity index (χ4v) is 6.95. The molecule has 5 nitrogen and oxygen atoms in total. The summed E-state index contributed by atoms with van der Waals surface area (Å²) in [6.07, 6.45) is 6.04. The van der Waals surface area contributed by atoms with Gasteiger partial charge in [-0.2, -0.15) is 0 Å². The zero-order valence-corrected chi connectivity index (χ0v) is 25.8. The molecule has 2 saturated heterocycles. The topological polar surface area (TPSA) is 43.9 Å². The van der Waals surface area contributed by atoms with Crippen molar-refractivity contribution in [2.45, 2.75) is 117 Å². The molecular formula is C32H50ClN3O2. The second kappa shape index (κ2) is 10.4. The summed E-state index contributed by atoms with van der Waals surface area (Å²) in [5.74, 6) is 0.440. The largest absolute Gasteiger partial charge is 0.340 e. The Morgan fingerprint density at radius 3 is 2.03 bits per heavy atom. The van der Waals surface area contributed by atoms with Crippen molar-refractivity contribution >= 4 is 23.4 Å². The molecule has 1 aliphatic carbocycles. The number of benzene rings is 1. The van der Waals surface area contributed by atoms with Gasteiger partial charge in [0.25, 0.3) is 0 Å². The maximum absolute atomic E-state index is 14.5. The van der Waals surface area contributed by atoms with Gasteiger partial charge < -0.3 is 9.80 Å². The van der Waals surface area contributed by atoms with Crippen LogP contribution in [-0.2, 0) is 15.0 Å². The predicted molar refractivity (Wildman–Crippen MR) is 156 cm³/mol. The van der Waals surface area contributed by atoms with Crippen molar-refractivity contribution in [2.75, 3.05) is 26.2 Å². The SMILES string of the molecule is CC1(C)CCC(N(C(=O)C(C)(C)C)[C@H]2CCN(C(=O)C3(c4ccc(Cl)cc4)CCN(C(C)(C)C)C3)C2)CC1. The van der Waals surface area contributed by atoms with Crippen LogP contribution in [0.2, 0.25) is 5.02 Å². The third-order valence-electron chi connectivity index (χ3n) is 9.45. The van der Waals surface area contributed by atoms with E-state index in [0.717, 1.165) is 50.6 Å². The number of likely N-dealkylation sites (tertiary alicyclic amines) is 2. The highest BCUT2D eigenvalue weighted by Gasteiger charge is 2.52. The van der Waals surface area contributed by atoms with Crippen molar-refractivity contribution in [2.24, 2.45) is 10.8 Å². The number of nitrogens with zero attached hydrogens (tertiary/aromatic N) is 3. The summed E-state index contributed by atoms with van der Waals surface area (Å²) in [4.78, 5) is 35.0. The van der Waals surface area contributed by atoms with Gasteiger partial charge >= 0.3 is 0 Å². The molecular weight excluding hydrogens is 494 g/mol. The molecule has 2 amide bonds. The summed E-state index contributed by atoms with van der Waals surface area (Å²) in [5.41, 5.74) is 0.372. The molecule has 212 valence electrons. The van der Waals surface area contributed by atoms with Crippen molar-refractivity contribution in [1.29, 1.82) is 0 Å². The van der Waals surface area contributed by atoms with Gasteiger partial charge in [0.1, 0.15) is 0 Å². The van der Waals surface area contributed by atoms with E-state index in [2.05, 4.69) is 49.3 Å². The lowest BCUT2D eigenvalue weighted by atomic mass is 9.74. The fourth-order valence-electron chi connectivity index (χ4n) is 6.82. The molecule has 1 aromatic rings. The van der Waals surface area contributed by atoms with Crippen LogP contribution in [0.15, 0.2) is 24.3 Å². The highest BCUT2D eigenvalue weighted by Crippen LogP contribution is 2.42. The number of rotatable bonds is 4. The van der Waals surface area contributed by atoms with Gasteiger partial charge in [-0.3, -0.25) is 14.5 Å². The van der Waals surface area contributed by atoms with E-state index in [1.165, 1.54) is 0 Å². The minimum atomic E-state index is -0.583. The molecule has 2 heterocycles. The molecule has 2 atom stereocenters. The molecule has 1 saturated carbocycles. The quantitative estimate of drug-likeness (QED) is 0.434. The van der Waals surface area contributed by atoms with E-state index in [9.17, 15) is 9.59 Å². The monoisotopic (exact) mass is 543 g/mol. The molecule has 0 aromatic heterocycles. The molecule has 4 rings (SSSR count). The van der Waals surface area contributed by atoms with Gasteiger partial charge in [-0.05, 0) is 82.4 Å². The van der Waals surface area contributed by atoms with E-state index in [-0.39, 0.29) is 29.4 Å². The average molecular weight is 544 g/mol. The molecule has 1 unspecified atom stereocenters. The maximum atomic E-state index is 14.5. The number of hydrogen-bond donors (Lipinski definition) is 0. The first-order valence-corrected chi connectivity index (χ1v) is 15.0. The third kappa shape index (κ3) is 5.94. The summed E-state index contributed by atoms with van der Waals surface area (Å²) < 4.78 is 0. The smallest absolute Gasteiger partial charge is 0.234 e. The molecule has 2 aliphatic heterocycles. The zero-order chi connectivity index (χ0) is 28.1. The summed E-state index contributed by atoms with van der Waals surface area (Å²) in [5, 5.41) is 0.690. The lowest BCUT2D eigenvalue weighted by molar-refractivity contribution is -0.147. The van der Waals surface area contributed by atoms with Crippen LogP contribution in [0.3, 0.4) is 0 Å². The Bertz CT molecular complexity index is 1010. The van der Waals surface area contributed by atoms with Crippen LogP contribution < -0.4 is 0 Å². The first-order chi connectivity index (χ1) is 17.5.